The van der Waals surface area contributed by atoms with Crippen LogP contribution >= 0.6 is 11.3 Å². The number of hydrogen-bond acceptors (Lipinski definition) is 6. The minimum atomic E-state index is -0.892. The van der Waals surface area contributed by atoms with Crippen molar-refractivity contribution in [2.45, 2.75) is 13.0 Å². The molecule has 21 heavy (non-hydrogen) atoms. The SMILES string of the molecule is C[C@@H](O)c1cc([N+](=O)[O-])c(Oc2ccc(C#N)cc2F)s1. The molecule has 2 rings (SSSR count). The van der Waals surface area contributed by atoms with Crippen LogP contribution in [0.3, 0.4) is 0 Å². The van der Waals surface area contributed by atoms with E-state index in [9.17, 15) is 19.6 Å². The van der Waals surface area contributed by atoms with E-state index in [0.29, 0.717) is 4.88 Å². The molecule has 0 amide bonds. The van der Waals surface area contributed by atoms with Gasteiger partial charge in [0.15, 0.2) is 11.6 Å². The quantitative estimate of drug-likeness (QED) is 0.688. The third-order valence-electron chi connectivity index (χ3n) is 2.57. The number of aliphatic hydroxyl groups is 1. The smallest absolute Gasteiger partial charge is 0.323 e. The second-order valence-corrected chi connectivity index (χ2v) is 5.16. The largest absolute Gasteiger partial charge is 0.437 e. The fourth-order valence-corrected chi connectivity index (χ4v) is 2.47. The summed E-state index contributed by atoms with van der Waals surface area (Å²) in [5, 5.41) is 28.9. The van der Waals surface area contributed by atoms with Crippen LogP contribution in [0.2, 0.25) is 0 Å². The average molecular weight is 308 g/mol. The molecule has 1 aromatic carbocycles. The van der Waals surface area contributed by atoms with Crippen LogP contribution < -0.4 is 4.74 Å². The molecule has 0 bridgehead atoms. The van der Waals surface area contributed by atoms with Crippen LogP contribution in [0, 0.1) is 27.3 Å². The Bertz CT molecular complexity index is 736. The van der Waals surface area contributed by atoms with Crippen molar-refractivity contribution < 1.29 is 19.2 Å². The first-order valence-corrected chi connectivity index (χ1v) is 6.57. The lowest BCUT2D eigenvalue weighted by Gasteiger charge is -2.04. The Kier molecular flexibility index (Phi) is 4.16. The summed E-state index contributed by atoms with van der Waals surface area (Å²) < 4.78 is 18.9. The van der Waals surface area contributed by atoms with Crippen molar-refractivity contribution in [1.82, 2.24) is 0 Å². The molecule has 0 fully saturated rings. The van der Waals surface area contributed by atoms with Crippen molar-refractivity contribution >= 4 is 17.0 Å². The summed E-state index contributed by atoms with van der Waals surface area (Å²) in [6.07, 6.45) is -0.892. The number of thiophene rings is 1. The van der Waals surface area contributed by atoms with Gasteiger partial charge in [0, 0.05) is 10.9 Å². The van der Waals surface area contributed by atoms with Crippen molar-refractivity contribution in [2.75, 3.05) is 0 Å². The second-order valence-electron chi connectivity index (χ2n) is 4.11. The molecule has 0 saturated heterocycles. The van der Waals surface area contributed by atoms with E-state index >= 15 is 0 Å². The molecular formula is C13H9FN2O4S. The summed E-state index contributed by atoms with van der Waals surface area (Å²) in [6.45, 7) is 1.46. The Morgan fingerprint density at radius 1 is 1.52 bits per heavy atom. The van der Waals surface area contributed by atoms with E-state index in [4.69, 9.17) is 10.00 Å². The van der Waals surface area contributed by atoms with E-state index in [1.165, 1.54) is 25.1 Å². The van der Waals surface area contributed by atoms with E-state index in [1.807, 2.05) is 0 Å². The Morgan fingerprint density at radius 3 is 2.76 bits per heavy atom. The van der Waals surface area contributed by atoms with Crippen molar-refractivity contribution in [3.8, 4) is 16.9 Å². The Hall–Kier alpha value is -2.50. The standard InChI is InChI=1S/C13H9FN2O4S/c1-7(17)12-5-10(16(18)19)13(21-12)20-11-3-2-8(6-15)4-9(11)14/h2-5,7,17H,1H3/t7-/m1/s1. The number of hydrogen-bond donors (Lipinski definition) is 1. The summed E-state index contributed by atoms with van der Waals surface area (Å²) in [4.78, 5) is 10.6. The molecule has 0 aliphatic heterocycles. The predicted octanol–water partition coefficient (Wildman–Crippen LogP) is 3.51. The topological polar surface area (TPSA) is 96.4 Å². The minimum Gasteiger partial charge on any atom is -0.437 e. The number of ether oxygens (including phenoxy) is 1. The highest BCUT2D eigenvalue weighted by Crippen LogP contribution is 2.42. The molecular weight excluding hydrogens is 299 g/mol. The van der Waals surface area contributed by atoms with Gasteiger partial charge >= 0.3 is 5.69 Å². The molecule has 1 heterocycles. The van der Waals surface area contributed by atoms with Gasteiger partial charge in [-0.15, -0.1) is 0 Å². The number of halogens is 1. The molecule has 0 saturated carbocycles. The summed E-state index contributed by atoms with van der Waals surface area (Å²) >= 11 is 0.864. The zero-order valence-electron chi connectivity index (χ0n) is 10.7. The molecule has 0 aliphatic carbocycles. The zero-order chi connectivity index (χ0) is 15.6. The van der Waals surface area contributed by atoms with E-state index in [0.717, 1.165) is 17.4 Å². The first-order valence-electron chi connectivity index (χ1n) is 5.76. The van der Waals surface area contributed by atoms with Crippen LogP contribution in [-0.4, -0.2) is 10.0 Å². The van der Waals surface area contributed by atoms with E-state index in [2.05, 4.69) is 0 Å². The van der Waals surface area contributed by atoms with Crippen LogP contribution in [0.15, 0.2) is 24.3 Å². The molecule has 1 aromatic heterocycles. The second kappa shape index (κ2) is 5.87. The van der Waals surface area contributed by atoms with E-state index in [-0.39, 0.29) is 22.1 Å². The molecule has 8 heteroatoms. The maximum atomic E-state index is 13.7. The Labute approximate surface area is 122 Å². The minimum absolute atomic E-state index is 0.116. The maximum absolute atomic E-state index is 13.7. The van der Waals surface area contributed by atoms with Crippen LogP contribution in [0.4, 0.5) is 10.1 Å². The van der Waals surface area contributed by atoms with Crippen molar-refractivity contribution in [3.05, 3.63) is 50.6 Å². The van der Waals surface area contributed by atoms with Gasteiger partial charge in [0.1, 0.15) is 0 Å². The number of aliphatic hydroxyl groups excluding tert-OH is 1. The number of nitrogens with zero attached hydrogens (tertiary/aromatic N) is 2. The van der Waals surface area contributed by atoms with Crippen molar-refractivity contribution in [1.29, 1.82) is 5.26 Å². The third-order valence-corrected chi connectivity index (χ3v) is 3.74. The highest BCUT2D eigenvalue weighted by Gasteiger charge is 2.23. The highest BCUT2D eigenvalue weighted by molar-refractivity contribution is 7.14. The van der Waals surface area contributed by atoms with Gasteiger partial charge in [0.25, 0.3) is 5.06 Å². The van der Waals surface area contributed by atoms with Gasteiger partial charge in [-0.05, 0) is 25.1 Å². The molecule has 0 spiro atoms. The molecule has 0 aliphatic rings. The highest BCUT2D eigenvalue weighted by atomic mass is 32.1. The lowest BCUT2D eigenvalue weighted by molar-refractivity contribution is -0.385. The van der Waals surface area contributed by atoms with E-state index in [1.54, 1.807) is 6.07 Å². The number of benzene rings is 1. The van der Waals surface area contributed by atoms with Crippen LogP contribution in [0.1, 0.15) is 23.5 Å². The first kappa shape index (κ1) is 14.9. The molecule has 0 unspecified atom stereocenters. The number of nitro groups is 1. The van der Waals surface area contributed by atoms with Crippen LogP contribution in [-0.2, 0) is 0 Å². The molecule has 0 radical (unpaired) electrons. The molecule has 1 atom stereocenters. The predicted molar refractivity (Wildman–Crippen MR) is 72.8 cm³/mol. The fourth-order valence-electron chi connectivity index (χ4n) is 1.54. The fraction of sp³-hybridized carbons (Fsp3) is 0.154. The summed E-state index contributed by atoms with van der Waals surface area (Å²) in [5.41, 5.74) is -0.232. The molecule has 2 aromatic rings. The molecule has 108 valence electrons. The van der Waals surface area contributed by atoms with Gasteiger partial charge in [-0.1, -0.05) is 11.3 Å². The summed E-state index contributed by atoms with van der Waals surface area (Å²) in [7, 11) is 0. The Balaban J connectivity index is 2.39. The molecule has 1 N–H and O–H groups in total. The van der Waals surface area contributed by atoms with Gasteiger partial charge in [-0.3, -0.25) is 10.1 Å². The third kappa shape index (κ3) is 3.16. The van der Waals surface area contributed by atoms with Gasteiger partial charge in [0.05, 0.1) is 22.7 Å². The van der Waals surface area contributed by atoms with Crippen molar-refractivity contribution in [3.63, 3.8) is 0 Å². The number of nitriles is 1. The lowest BCUT2D eigenvalue weighted by atomic mass is 10.2. The zero-order valence-corrected chi connectivity index (χ0v) is 11.6. The average Bonchev–Trinajstić information content (AvgIpc) is 2.85. The van der Waals surface area contributed by atoms with Crippen LogP contribution in [0.5, 0.6) is 10.8 Å². The van der Waals surface area contributed by atoms with Gasteiger partial charge in [0.2, 0.25) is 0 Å². The Morgan fingerprint density at radius 2 is 2.24 bits per heavy atom. The lowest BCUT2D eigenvalue weighted by Crippen LogP contribution is -1.91. The molecule has 6 nitrogen and oxygen atoms in total. The van der Waals surface area contributed by atoms with Crippen molar-refractivity contribution in [2.24, 2.45) is 0 Å². The summed E-state index contributed by atoms with van der Waals surface area (Å²) in [5.74, 6) is -1.02. The van der Waals surface area contributed by atoms with Gasteiger partial charge in [-0.2, -0.15) is 5.26 Å². The maximum Gasteiger partial charge on any atom is 0.323 e. The van der Waals surface area contributed by atoms with E-state index < -0.39 is 16.8 Å². The van der Waals surface area contributed by atoms with Gasteiger partial charge < -0.3 is 9.84 Å². The monoisotopic (exact) mass is 308 g/mol. The van der Waals surface area contributed by atoms with Crippen LogP contribution in [0.25, 0.3) is 0 Å². The normalized spacial score (nSPS) is 11.7. The summed E-state index contributed by atoms with van der Waals surface area (Å²) in [6, 6.07) is 6.50. The van der Waals surface area contributed by atoms with Gasteiger partial charge in [-0.25, -0.2) is 4.39 Å². The first-order chi connectivity index (χ1) is 9.92. The number of rotatable bonds is 4.